The Labute approximate surface area is 91.5 Å². The highest BCUT2D eigenvalue weighted by Crippen LogP contribution is 2.12. The van der Waals surface area contributed by atoms with Crippen molar-refractivity contribution in [1.82, 2.24) is 5.32 Å². The Bertz CT molecular complexity index is 246. The third-order valence-corrected chi connectivity index (χ3v) is 2.88. The van der Waals surface area contributed by atoms with E-state index >= 15 is 0 Å². The number of rotatable bonds is 4. The van der Waals surface area contributed by atoms with E-state index in [1.807, 2.05) is 0 Å². The lowest BCUT2D eigenvalue weighted by molar-refractivity contribution is 0.381. The van der Waals surface area contributed by atoms with E-state index in [-0.39, 0.29) is 5.54 Å². The van der Waals surface area contributed by atoms with Crippen molar-refractivity contribution in [2.75, 3.05) is 6.54 Å². The maximum Gasteiger partial charge on any atom is 0.00966 e. The summed E-state index contributed by atoms with van der Waals surface area (Å²) in [7, 11) is 0. The van der Waals surface area contributed by atoms with Gasteiger partial charge >= 0.3 is 0 Å². The SMILES string of the molecule is CC(CNC(C)(C)C)Cc1ccsc1. The smallest absolute Gasteiger partial charge is 0.00966 e. The van der Waals surface area contributed by atoms with Crippen molar-refractivity contribution in [1.29, 1.82) is 0 Å². The van der Waals surface area contributed by atoms with E-state index in [0.717, 1.165) is 6.54 Å². The molecule has 1 heterocycles. The van der Waals surface area contributed by atoms with Crippen LogP contribution in [0, 0.1) is 5.92 Å². The van der Waals surface area contributed by atoms with Gasteiger partial charge in [0.15, 0.2) is 0 Å². The van der Waals surface area contributed by atoms with Crippen molar-refractivity contribution in [3.05, 3.63) is 22.4 Å². The fourth-order valence-corrected chi connectivity index (χ4v) is 2.05. The van der Waals surface area contributed by atoms with Crippen LogP contribution in [0.1, 0.15) is 33.3 Å². The van der Waals surface area contributed by atoms with Crippen LogP contribution in [0.5, 0.6) is 0 Å². The van der Waals surface area contributed by atoms with Crippen LogP contribution >= 0.6 is 11.3 Å². The van der Waals surface area contributed by atoms with E-state index in [1.165, 1.54) is 12.0 Å². The lowest BCUT2D eigenvalue weighted by atomic mass is 10.0. The molecule has 2 heteroatoms. The maximum absolute atomic E-state index is 3.54. The van der Waals surface area contributed by atoms with E-state index in [1.54, 1.807) is 11.3 Å². The summed E-state index contributed by atoms with van der Waals surface area (Å²) >= 11 is 1.78. The highest BCUT2D eigenvalue weighted by Gasteiger charge is 2.11. The van der Waals surface area contributed by atoms with Gasteiger partial charge in [-0.25, -0.2) is 0 Å². The average molecular weight is 211 g/mol. The van der Waals surface area contributed by atoms with Crippen LogP contribution in [0.15, 0.2) is 16.8 Å². The molecule has 0 amide bonds. The monoisotopic (exact) mass is 211 g/mol. The highest BCUT2D eigenvalue weighted by molar-refractivity contribution is 7.07. The summed E-state index contributed by atoms with van der Waals surface area (Å²) in [6.45, 7) is 10.0. The van der Waals surface area contributed by atoms with Crippen molar-refractivity contribution in [3.63, 3.8) is 0 Å². The van der Waals surface area contributed by atoms with Gasteiger partial charge in [0.2, 0.25) is 0 Å². The fourth-order valence-electron chi connectivity index (χ4n) is 1.36. The zero-order chi connectivity index (χ0) is 10.6. The van der Waals surface area contributed by atoms with Gasteiger partial charge in [-0.1, -0.05) is 6.92 Å². The van der Waals surface area contributed by atoms with Crippen LogP contribution in [0.3, 0.4) is 0 Å². The second-order valence-corrected chi connectivity index (χ2v) is 5.85. The van der Waals surface area contributed by atoms with Gasteiger partial charge in [0.05, 0.1) is 0 Å². The molecule has 80 valence electrons. The second-order valence-electron chi connectivity index (χ2n) is 5.07. The Morgan fingerprint density at radius 3 is 2.64 bits per heavy atom. The third-order valence-electron chi connectivity index (χ3n) is 2.15. The van der Waals surface area contributed by atoms with E-state index < -0.39 is 0 Å². The Balaban J connectivity index is 2.26. The highest BCUT2D eigenvalue weighted by atomic mass is 32.1. The summed E-state index contributed by atoms with van der Waals surface area (Å²) < 4.78 is 0. The molecule has 1 atom stereocenters. The van der Waals surface area contributed by atoms with Gasteiger partial charge in [0.25, 0.3) is 0 Å². The molecule has 1 aromatic heterocycles. The molecule has 0 radical (unpaired) electrons. The summed E-state index contributed by atoms with van der Waals surface area (Å²) in [6, 6.07) is 2.22. The summed E-state index contributed by atoms with van der Waals surface area (Å²) in [4.78, 5) is 0. The molecule has 1 rings (SSSR count). The minimum absolute atomic E-state index is 0.239. The summed E-state index contributed by atoms with van der Waals surface area (Å²) in [6.07, 6.45) is 1.19. The standard InChI is InChI=1S/C12H21NS/c1-10(8-13-12(2,3)4)7-11-5-6-14-9-11/h5-6,9-10,13H,7-8H2,1-4H3. The van der Waals surface area contributed by atoms with Gasteiger partial charge in [0, 0.05) is 5.54 Å². The third kappa shape index (κ3) is 4.77. The zero-order valence-electron chi connectivity index (χ0n) is 9.63. The van der Waals surface area contributed by atoms with Crippen LogP contribution < -0.4 is 5.32 Å². The average Bonchev–Trinajstić information content (AvgIpc) is 2.52. The lowest BCUT2D eigenvalue weighted by Crippen LogP contribution is -2.38. The zero-order valence-corrected chi connectivity index (χ0v) is 10.4. The predicted molar refractivity (Wildman–Crippen MR) is 64.9 cm³/mol. The summed E-state index contributed by atoms with van der Waals surface area (Å²) in [5, 5.41) is 7.93. The molecule has 0 saturated carbocycles. The molecule has 0 fully saturated rings. The van der Waals surface area contributed by atoms with E-state index in [9.17, 15) is 0 Å². The molecule has 0 aromatic carbocycles. The van der Waals surface area contributed by atoms with Crippen LogP contribution in [-0.4, -0.2) is 12.1 Å². The van der Waals surface area contributed by atoms with E-state index in [2.05, 4.69) is 49.8 Å². The van der Waals surface area contributed by atoms with Gasteiger partial charge in [0.1, 0.15) is 0 Å². The molecule has 0 aliphatic rings. The predicted octanol–water partition coefficient (Wildman–Crippen LogP) is 3.31. The number of nitrogens with one attached hydrogen (secondary N) is 1. The number of hydrogen-bond acceptors (Lipinski definition) is 2. The molecule has 1 aromatic rings. The van der Waals surface area contributed by atoms with Crippen LogP contribution in [0.4, 0.5) is 0 Å². The molecule has 1 nitrogen and oxygen atoms in total. The molecule has 1 N–H and O–H groups in total. The minimum Gasteiger partial charge on any atom is -0.312 e. The Morgan fingerprint density at radius 2 is 2.14 bits per heavy atom. The first kappa shape index (κ1) is 11.7. The molecule has 0 saturated heterocycles. The molecule has 14 heavy (non-hydrogen) atoms. The first-order valence-corrected chi connectivity index (χ1v) is 6.18. The molecule has 0 aliphatic heterocycles. The summed E-state index contributed by atoms with van der Waals surface area (Å²) in [5.41, 5.74) is 1.71. The van der Waals surface area contributed by atoms with Crippen molar-refractivity contribution in [3.8, 4) is 0 Å². The second kappa shape index (κ2) is 4.94. The van der Waals surface area contributed by atoms with Crippen molar-refractivity contribution < 1.29 is 0 Å². The molecule has 0 aliphatic carbocycles. The van der Waals surface area contributed by atoms with Gasteiger partial charge in [-0.2, -0.15) is 11.3 Å². The van der Waals surface area contributed by atoms with Gasteiger partial charge in [-0.05, 0) is 62.0 Å². The summed E-state index contributed by atoms with van der Waals surface area (Å²) in [5.74, 6) is 0.712. The van der Waals surface area contributed by atoms with Gasteiger partial charge in [-0.15, -0.1) is 0 Å². The molecule has 0 spiro atoms. The topological polar surface area (TPSA) is 12.0 Å². The van der Waals surface area contributed by atoms with Gasteiger partial charge in [-0.3, -0.25) is 0 Å². The van der Waals surface area contributed by atoms with Crippen LogP contribution in [0.25, 0.3) is 0 Å². The Hall–Kier alpha value is -0.340. The lowest BCUT2D eigenvalue weighted by Gasteiger charge is -2.23. The first-order valence-electron chi connectivity index (χ1n) is 5.23. The van der Waals surface area contributed by atoms with Crippen molar-refractivity contribution in [2.45, 2.75) is 39.7 Å². The van der Waals surface area contributed by atoms with E-state index in [4.69, 9.17) is 0 Å². The first-order chi connectivity index (χ1) is 6.47. The molecule has 1 unspecified atom stereocenters. The molecular formula is C12H21NS. The number of hydrogen-bond donors (Lipinski definition) is 1. The van der Waals surface area contributed by atoms with Gasteiger partial charge < -0.3 is 5.32 Å². The van der Waals surface area contributed by atoms with Crippen LogP contribution in [-0.2, 0) is 6.42 Å². The van der Waals surface area contributed by atoms with Crippen molar-refractivity contribution in [2.24, 2.45) is 5.92 Å². The molecule has 0 bridgehead atoms. The largest absolute Gasteiger partial charge is 0.312 e. The molecular weight excluding hydrogens is 190 g/mol. The Kier molecular flexibility index (Phi) is 4.14. The van der Waals surface area contributed by atoms with E-state index in [0.29, 0.717) is 5.92 Å². The van der Waals surface area contributed by atoms with Crippen LogP contribution in [0.2, 0.25) is 0 Å². The maximum atomic E-state index is 3.54. The fraction of sp³-hybridized carbons (Fsp3) is 0.667. The Morgan fingerprint density at radius 1 is 1.43 bits per heavy atom. The minimum atomic E-state index is 0.239. The number of thiophene rings is 1. The quantitative estimate of drug-likeness (QED) is 0.805. The normalized spacial score (nSPS) is 14.3. The van der Waals surface area contributed by atoms with Crippen molar-refractivity contribution >= 4 is 11.3 Å².